The first-order valence-corrected chi connectivity index (χ1v) is 11.3. The molecule has 0 bridgehead atoms. The molecule has 0 fully saturated rings. The number of nitrogens with zero attached hydrogens (tertiary/aromatic N) is 3. The van der Waals surface area contributed by atoms with E-state index in [1.165, 1.54) is 12.1 Å². The Morgan fingerprint density at radius 1 is 1.26 bits per heavy atom. The van der Waals surface area contributed by atoms with E-state index in [-0.39, 0.29) is 23.4 Å². The van der Waals surface area contributed by atoms with Crippen molar-refractivity contribution in [2.45, 2.75) is 44.2 Å². The molecule has 0 saturated carbocycles. The first kappa shape index (κ1) is 22.9. The zero-order chi connectivity index (χ0) is 22.4. The first-order valence-electron chi connectivity index (χ1n) is 9.85. The lowest BCUT2D eigenvalue weighted by Crippen LogP contribution is -2.31. The molecule has 2 N–H and O–H groups in total. The molecular weight excluding hydrogens is 423 g/mol. The second-order valence-corrected chi connectivity index (χ2v) is 8.63. The second-order valence-electron chi connectivity index (χ2n) is 7.06. The van der Waals surface area contributed by atoms with E-state index >= 15 is 0 Å². The third-order valence-corrected chi connectivity index (χ3v) is 5.86. The molecule has 2 aromatic heterocycles. The van der Waals surface area contributed by atoms with Crippen molar-refractivity contribution in [1.82, 2.24) is 14.6 Å². The van der Waals surface area contributed by atoms with Crippen LogP contribution in [0.1, 0.15) is 31.2 Å². The number of aromatic nitrogens is 3. The van der Waals surface area contributed by atoms with E-state index in [0.717, 1.165) is 30.7 Å². The van der Waals surface area contributed by atoms with Crippen molar-refractivity contribution in [3.8, 4) is 5.75 Å². The van der Waals surface area contributed by atoms with Gasteiger partial charge in [-0.2, -0.15) is 13.5 Å². The van der Waals surface area contributed by atoms with Crippen molar-refractivity contribution >= 4 is 15.8 Å². The van der Waals surface area contributed by atoms with Crippen LogP contribution in [0, 0.1) is 6.92 Å². The lowest BCUT2D eigenvalue weighted by atomic mass is 10.2. The van der Waals surface area contributed by atoms with Gasteiger partial charge in [-0.25, -0.2) is 18.1 Å². The highest BCUT2D eigenvalue weighted by molar-refractivity contribution is 7.86. The molecule has 2 heterocycles. The number of hydrogen-bond donors (Lipinski definition) is 1. The van der Waals surface area contributed by atoms with Gasteiger partial charge in [0, 0.05) is 12.0 Å². The number of fused-ring (bicyclic) bond motifs is 1. The number of ether oxygens (including phenoxy) is 1. The molecule has 0 saturated heterocycles. The number of nitrogens with two attached hydrogens (primary N) is 1. The van der Waals surface area contributed by atoms with Gasteiger partial charge < -0.3 is 10.5 Å². The van der Waals surface area contributed by atoms with Crippen LogP contribution in [0.4, 0.5) is 4.39 Å². The van der Waals surface area contributed by atoms with E-state index in [4.69, 9.17) is 14.7 Å². The molecule has 3 rings (SSSR count). The number of unbranched alkanes of at least 4 members (excludes halogenated alkanes) is 1. The fraction of sp³-hybridized carbons (Fsp3) is 0.333. The molecule has 1 unspecified atom stereocenters. The van der Waals surface area contributed by atoms with Crippen LogP contribution in [-0.2, 0) is 20.7 Å². The minimum atomic E-state index is -4.16. The second kappa shape index (κ2) is 9.99. The standard InChI is InChI=1S/C21H25FN4O4S/c1-3-4-5-19-24-20-11-8-17(13-26(20)25-19)29-14-16(12-22)21(23)30-31(27,28)18-9-6-15(2)7-10-18/h6-13,21H,3-5,14,23H2,1-2H3/b16-12+. The molecule has 0 spiro atoms. The smallest absolute Gasteiger partial charge is 0.298 e. The van der Waals surface area contributed by atoms with Crippen LogP contribution in [0.5, 0.6) is 5.75 Å². The Balaban J connectivity index is 1.64. The first-order chi connectivity index (χ1) is 14.8. The summed E-state index contributed by atoms with van der Waals surface area (Å²) in [5.41, 5.74) is 7.16. The molecule has 0 amide bonds. The number of hydrogen-bond acceptors (Lipinski definition) is 7. The monoisotopic (exact) mass is 448 g/mol. The van der Waals surface area contributed by atoms with E-state index < -0.39 is 16.3 Å². The largest absolute Gasteiger partial charge is 0.487 e. The van der Waals surface area contributed by atoms with E-state index in [1.54, 1.807) is 35.0 Å². The molecule has 1 aromatic carbocycles. The number of aryl methyl sites for hydroxylation is 2. The highest BCUT2D eigenvalue weighted by atomic mass is 32.2. The molecule has 0 radical (unpaired) electrons. The van der Waals surface area contributed by atoms with Crippen molar-refractivity contribution < 1.29 is 21.7 Å². The Morgan fingerprint density at radius 3 is 2.68 bits per heavy atom. The molecular formula is C21H25FN4O4S. The van der Waals surface area contributed by atoms with Crippen molar-refractivity contribution in [3.05, 3.63) is 65.9 Å². The normalized spacial score (nSPS) is 13.5. The van der Waals surface area contributed by atoms with Crippen LogP contribution in [-0.4, -0.2) is 35.9 Å². The molecule has 3 aromatic rings. The van der Waals surface area contributed by atoms with Crippen LogP contribution in [0.3, 0.4) is 0 Å². The van der Waals surface area contributed by atoms with Crippen LogP contribution in [0.2, 0.25) is 0 Å². The lowest BCUT2D eigenvalue weighted by molar-refractivity contribution is 0.224. The zero-order valence-corrected chi connectivity index (χ0v) is 18.2. The van der Waals surface area contributed by atoms with E-state index in [9.17, 15) is 12.8 Å². The Hall–Kier alpha value is -2.82. The van der Waals surface area contributed by atoms with Crippen LogP contribution >= 0.6 is 0 Å². The number of benzene rings is 1. The summed E-state index contributed by atoms with van der Waals surface area (Å²) in [6.07, 6.45) is 3.09. The van der Waals surface area contributed by atoms with Crippen molar-refractivity contribution in [1.29, 1.82) is 0 Å². The topological polar surface area (TPSA) is 109 Å². The minimum absolute atomic E-state index is 0.0665. The van der Waals surface area contributed by atoms with Crippen molar-refractivity contribution in [2.75, 3.05) is 6.61 Å². The summed E-state index contributed by atoms with van der Waals surface area (Å²) in [6.45, 7) is 3.62. The van der Waals surface area contributed by atoms with Gasteiger partial charge in [-0.1, -0.05) is 31.0 Å². The summed E-state index contributed by atoms with van der Waals surface area (Å²) in [5, 5.41) is 4.39. The molecule has 166 valence electrons. The van der Waals surface area contributed by atoms with Crippen molar-refractivity contribution in [2.24, 2.45) is 5.73 Å². The van der Waals surface area contributed by atoms with Gasteiger partial charge in [0.1, 0.15) is 12.4 Å². The highest BCUT2D eigenvalue weighted by Crippen LogP contribution is 2.18. The summed E-state index contributed by atoms with van der Waals surface area (Å²) in [4.78, 5) is 4.36. The molecule has 10 heteroatoms. The van der Waals surface area contributed by atoms with E-state index in [1.807, 2.05) is 6.92 Å². The molecule has 0 aliphatic heterocycles. The Kier molecular flexibility index (Phi) is 7.37. The minimum Gasteiger partial charge on any atom is -0.487 e. The molecule has 0 aliphatic rings. The predicted octanol–water partition coefficient (Wildman–Crippen LogP) is 3.30. The van der Waals surface area contributed by atoms with Crippen LogP contribution in [0.25, 0.3) is 5.65 Å². The summed E-state index contributed by atoms with van der Waals surface area (Å²) in [5.74, 6) is 1.13. The maximum Gasteiger partial charge on any atom is 0.298 e. The van der Waals surface area contributed by atoms with Gasteiger partial charge in [-0.3, -0.25) is 0 Å². The maximum atomic E-state index is 13.4. The molecule has 0 aliphatic carbocycles. The van der Waals surface area contributed by atoms with Crippen LogP contribution in [0.15, 0.2) is 59.4 Å². The van der Waals surface area contributed by atoms with E-state index in [2.05, 4.69) is 17.0 Å². The number of rotatable bonds is 10. The molecule has 8 nitrogen and oxygen atoms in total. The fourth-order valence-electron chi connectivity index (χ4n) is 2.74. The van der Waals surface area contributed by atoms with Gasteiger partial charge in [0.2, 0.25) is 0 Å². The van der Waals surface area contributed by atoms with Gasteiger partial charge in [-0.05, 0) is 37.6 Å². The molecule has 31 heavy (non-hydrogen) atoms. The van der Waals surface area contributed by atoms with E-state index in [0.29, 0.717) is 11.4 Å². The van der Waals surface area contributed by atoms with Crippen molar-refractivity contribution in [3.63, 3.8) is 0 Å². The number of pyridine rings is 1. The van der Waals surface area contributed by atoms with Gasteiger partial charge in [-0.15, -0.1) is 0 Å². The molecule has 1 atom stereocenters. The summed E-state index contributed by atoms with van der Waals surface area (Å²) >= 11 is 0. The highest BCUT2D eigenvalue weighted by Gasteiger charge is 2.22. The van der Waals surface area contributed by atoms with Gasteiger partial charge >= 0.3 is 0 Å². The number of halogens is 1. The third-order valence-electron chi connectivity index (χ3n) is 4.55. The zero-order valence-electron chi connectivity index (χ0n) is 17.4. The fourth-order valence-corrected chi connectivity index (χ4v) is 3.71. The third kappa shape index (κ3) is 5.87. The predicted molar refractivity (Wildman–Crippen MR) is 114 cm³/mol. The Bertz CT molecular complexity index is 1160. The summed E-state index contributed by atoms with van der Waals surface area (Å²) < 4.78 is 50.2. The lowest BCUT2D eigenvalue weighted by Gasteiger charge is -2.16. The van der Waals surface area contributed by atoms with Gasteiger partial charge in [0.15, 0.2) is 17.7 Å². The maximum absolute atomic E-state index is 13.4. The Morgan fingerprint density at radius 2 is 2.00 bits per heavy atom. The summed E-state index contributed by atoms with van der Waals surface area (Å²) in [6, 6.07) is 9.45. The SMILES string of the molecule is CCCCc1nc2ccc(OC/C(=C\F)C(N)OS(=O)(=O)c3ccc(C)cc3)cn2n1. The van der Waals surface area contributed by atoms with Crippen LogP contribution < -0.4 is 10.5 Å². The Labute approximate surface area is 180 Å². The summed E-state index contributed by atoms with van der Waals surface area (Å²) in [7, 11) is -4.16. The average molecular weight is 449 g/mol. The van der Waals surface area contributed by atoms with Gasteiger partial charge in [0.25, 0.3) is 10.1 Å². The van der Waals surface area contributed by atoms with Gasteiger partial charge in [0.05, 0.1) is 17.4 Å². The quantitative estimate of drug-likeness (QED) is 0.374. The average Bonchev–Trinajstić information content (AvgIpc) is 3.14.